The Bertz CT molecular complexity index is 377. The maximum atomic E-state index is 5.32. The van der Waals surface area contributed by atoms with Crippen LogP contribution in [0.4, 0.5) is 5.82 Å². The lowest BCUT2D eigenvalue weighted by Gasteiger charge is -2.26. The molecule has 1 aliphatic rings. The van der Waals surface area contributed by atoms with Gasteiger partial charge in [0.05, 0.1) is 30.8 Å². The zero-order chi connectivity index (χ0) is 12.8. The van der Waals surface area contributed by atoms with Crippen LogP contribution in [-0.4, -0.2) is 54.3 Å². The topological polar surface area (TPSA) is 50.3 Å². The molecule has 0 amide bonds. The summed E-state index contributed by atoms with van der Waals surface area (Å²) in [6, 6.07) is 0. The van der Waals surface area contributed by atoms with Crippen LogP contribution < -0.4 is 5.32 Å². The molecule has 0 spiro atoms. The zero-order valence-corrected chi connectivity index (χ0v) is 11.3. The van der Waals surface area contributed by atoms with Crippen LogP contribution in [0.3, 0.4) is 0 Å². The molecule has 1 fully saturated rings. The molecule has 100 valence electrons. The first-order chi connectivity index (χ1) is 8.75. The van der Waals surface area contributed by atoms with Gasteiger partial charge in [-0.25, -0.2) is 4.98 Å². The maximum Gasteiger partial charge on any atom is 0.144 e. The smallest absolute Gasteiger partial charge is 0.144 e. The number of hydrogen-bond acceptors (Lipinski definition) is 5. The van der Waals surface area contributed by atoms with Crippen molar-refractivity contribution in [2.75, 3.05) is 44.7 Å². The Hall–Kier alpha value is -1.20. The van der Waals surface area contributed by atoms with Crippen LogP contribution >= 0.6 is 0 Å². The van der Waals surface area contributed by atoms with E-state index in [1.54, 1.807) is 6.20 Å². The average Bonchev–Trinajstić information content (AvgIpc) is 2.40. The maximum absolute atomic E-state index is 5.32. The van der Waals surface area contributed by atoms with Gasteiger partial charge < -0.3 is 10.1 Å². The van der Waals surface area contributed by atoms with Gasteiger partial charge in [0.15, 0.2) is 0 Å². The van der Waals surface area contributed by atoms with Gasteiger partial charge in [0, 0.05) is 19.6 Å². The van der Waals surface area contributed by atoms with Crippen LogP contribution in [0.1, 0.15) is 17.8 Å². The number of ether oxygens (including phenoxy) is 1. The summed E-state index contributed by atoms with van der Waals surface area (Å²) in [7, 11) is 0. The monoisotopic (exact) mass is 250 g/mol. The summed E-state index contributed by atoms with van der Waals surface area (Å²) in [5, 5.41) is 3.32. The van der Waals surface area contributed by atoms with Gasteiger partial charge in [-0.2, -0.15) is 0 Å². The van der Waals surface area contributed by atoms with Crippen LogP contribution in [0, 0.1) is 13.8 Å². The van der Waals surface area contributed by atoms with E-state index in [1.165, 1.54) is 0 Å². The fraction of sp³-hybridized carbons (Fsp3) is 0.692. The molecule has 1 aromatic heterocycles. The molecular formula is C13H22N4O. The number of anilines is 1. The summed E-state index contributed by atoms with van der Waals surface area (Å²) in [5.74, 6) is 0.875. The second-order valence-electron chi connectivity index (χ2n) is 4.66. The van der Waals surface area contributed by atoms with Crippen LogP contribution in [-0.2, 0) is 4.74 Å². The fourth-order valence-electron chi connectivity index (χ4n) is 1.97. The standard InChI is InChI=1S/C13H22N4O/c1-11-12(2)16-13(10-15-11)14-4-3-5-17-6-8-18-9-7-17/h10H,3-9H2,1-2H3,(H,14,16). The Morgan fingerprint density at radius 1 is 1.28 bits per heavy atom. The number of morpholine rings is 1. The molecule has 18 heavy (non-hydrogen) atoms. The molecule has 0 radical (unpaired) electrons. The van der Waals surface area contributed by atoms with Crippen molar-refractivity contribution in [2.45, 2.75) is 20.3 Å². The van der Waals surface area contributed by atoms with E-state index in [0.29, 0.717) is 0 Å². The minimum atomic E-state index is 0.871. The summed E-state index contributed by atoms with van der Waals surface area (Å²) >= 11 is 0. The molecule has 1 saturated heterocycles. The van der Waals surface area contributed by atoms with Crippen molar-refractivity contribution >= 4 is 5.82 Å². The lowest BCUT2D eigenvalue weighted by Crippen LogP contribution is -2.37. The van der Waals surface area contributed by atoms with E-state index in [1.807, 2.05) is 13.8 Å². The Kier molecular flexibility index (Phi) is 4.90. The molecule has 0 aromatic carbocycles. The lowest BCUT2D eigenvalue weighted by atomic mass is 10.3. The van der Waals surface area contributed by atoms with Gasteiger partial charge >= 0.3 is 0 Å². The number of rotatable bonds is 5. The number of hydrogen-bond donors (Lipinski definition) is 1. The zero-order valence-electron chi connectivity index (χ0n) is 11.3. The predicted molar refractivity (Wildman–Crippen MR) is 71.9 cm³/mol. The molecule has 5 heteroatoms. The summed E-state index contributed by atoms with van der Waals surface area (Å²) in [5.41, 5.74) is 1.99. The highest BCUT2D eigenvalue weighted by Gasteiger charge is 2.09. The number of nitrogens with one attached hydrogen (secondary N) is 1. The Balaban J connectivity index is 1.66. The molecule has 0 saturated carbocycles. The largest absolute Gasteiger partial charge is 0.379 e. The first kappa shape index (κ1) is 13.2. The van der Waals surface area contributed by atoms with Gasteiger partial charge in [-0.05, 0) is 26.8 Å². The number of aryl methyl sites for hydroxylation is 2. The second-order valence-corrected chi connectivity index (χ2v) is 4.66. The minimum absolute atomic E-state index is 0.871. The van der Waals surface area contributed by atoms with Crippen molar-refractivity contribution in [3.8, 4) is 0 Å². The van der Waals surface area contributed by atoms with Crippen LogP contribution in [0.5, 0.6) is 0 Å². The molecule has 0 aliphatic carbocycles. The molecule has 1 N–H and O–H groups in total. The van der Waals surface area contributed by atoms with E-state index in [9.17, 15) is 0 Å². The van der Waals surface area contributed by atoms with Crippen molar-refractivity contribution in [3.05, 3.63) is 17.6 Å². The highest BCUT2D eigenvalue weighted by Crippen LogP contribution is 2.05. The highest BCUT2D eigenvalue weighted by molar-refractivity contribution is 5.33. The lowest BCUT2D eigenvalue weighted by molar-refractivity contribution is 0.0378. The highest BCUT2D eigenvalue weighted by atomic mass is 16.5. The molecule has 1 aliphatic heterocycles. The summed E-state index contributed by atoms with van der Waals surface area (Å²) < 4.78 is 5.32. The number of aromatic nitrogens is 2. The first-order valence-electron chi connectivity index (χ1n) is 6.60. The van der Waals surface area contributed by atoms with E-state index in [-0.39, 0.29) is 0 Å². The second kappa shape index (κ2) is 6.66. The van der Waals surface area contributed by atoms with E-state index in [2.05, 4.69) is 20.2 Å². The normalized spacial score (nSPS) is 16.8. The van der Waals surface area contributed by atoms with E-state index in [4.69, 9.17) is 4.74 Å². The van der Waals surface area contributed by atoms with Crippen molar-refractivity contribution < 1.29 is 4.74 Å². The van der Waals surface area contributed by atoms with Crippen molar-refractivity contribution in [1.29, 1.82) is 0 Å². The van der Waals surface area contributed by atoms with E-state index < -0.39 is 0 Å². The average molecular weight is 250 g/mol. The SMILES string of the molecule is Cc1ncc(NCCCN2CCOCC2)nc1C. The van der Waals surface area contributed by atoms with Crippen molar-refractivity contribution in [2.24, 2.45) is 0 Å². The third-order valence-electron chi connectivity index (χ3n) is 3.25. The van der Waals surface area contributed by atoms with Gasteiger partial charge in [-0.15, -0.1) is 0 Å². The predicted octanol–water partition coefficient (Wildman–Crippen LogP) is 1.23. The van der Waals surface area contributed by atoms with E-state index >= 15 is 0 Å². The quantitative estimate of drug-likeness (QED) is 0.797. The molecule has 0 bridgehead atoms. The Labute approximate surface area is 109 Å². The molecule has 5 nitrogen and oxygen atoms in total. The van der Waals surface area contributed by atoms with Gasteiger partial charge in [0.25, 0.3) is 0 Å². The third kappa shape index (κ3) is 3.92. The van der Waals surface area contributed by atoms with Gasteiger partial charge in [-0.3, -0.25) is 9.88 Å². The summed E-state index contributed by atoms with van der Waals surface area (Å²) in [6.45, 7) is 9.88. The van der Waals surface area contributed by atoms with Crippen LogP contribution in [0.15, 0.2) is 6.20 Å². The fourth-order valence-corrected chi connectivity index (χ4v) is 1.97. The molecule has 0 unspecified atom stereocenters. The summed E-state index contributed by atoms with van der Waals surface area (Å²) in [4.78, 5) is 11.2. The molecular weight excluding hydrogens is 228 g/mol. The molecule has 0 atom stereocenters. The van der Waals surface area contributed by atoms with Crippen LogP contribution in [0.2, 0.25) is 0 Å². The Morgan fingerprint density at radius 3 is 2.78 bits per heavy atom. The van der Waals surface area contributed by atoms with Crippen LogP contribution in [0.25, 0.3) is 0 Å². The van der Waals surface area contributed by atoms with Crippen molar-refractivity contribution in [1.82, 2.24) is 14.9 Å². The number of nitrogens with zero attached hydrogens (tertiary/aromatic N) is 3. The third-order valence-corrected chi connectivity index (χ3v) is 3.25. The molecule has 1 aromatic rings. The minimum Gasteiger partial charge on any atom is -0.379 e. The van der Waals surface area contributed by atoms with E-state index in [0.717, 1.165) is 63.0 Å². The van der Waals surface area contributed by atoms with Gasteiger partial charge in [-0.1, -0.05) is 0 Å². The summed E-state index contributed by atoms with van der Waals surface area (Å²) in [6.07, 6.45) is 2.92. The van der Waals surface area contributed by atoms with Crippen molar-refractivity contribution in [3.63, 3.8) is 0 Å². The Morgan fingerprint density at radius 2 is 2.06 bits per heavy atom. The molecule has 2 heterocycles. The first-order valence-corrected chi connectivity index (χ1v) is 6.60. The van der Waals surface area contributed by atoms with Gasteiger partial charge in [0.1, 0.15) is 5.82 Å². The van der Waals surface area contributed by atoms with Gasteiger partial charge in [0.2, 0.25) is 0 Å². The molecule has 2 rings (SSSR count).